The zero-order chi connectivity index (χ0) is 20.1. The number of fused-ring (bicyclic) bond motifs is 1. The maximum absolute atomic E-state index is 12.4. The molecule has 0 aliphatic carbocycles. The minimum Gasteiger partial charge on any atom is -0.339 e. The normalized spacial score (nSPS) is 15.4. The molecule has 0 radical (unpaired) electrons. The van der Waals surface area contributed by atoms with Crippen LogP contribution >= 0.6 is 11.8 Å². The van der Waals surface area contributed by atoms with Gasteiger partial charge in [0.2, 0.25) is 11.8 Å². The van der Waals surface area contributed by atoms with Crippen molar-refractivity contribution >= 4 is 40.9 Å². The molecule has 3 rings (SSSR count). The first-order valence-electron chi connectivity index (χ1n) is 9.27. The third-order valence-electron chi connectivity index (χ3n) is 4.54. The molecule has 28 heavy (non-hydrogen) atoms. The molecule has 146 valence electrons. The van der Waals surface area contributed by atoms with Gasteiger partial charge in [0.05, 0.1) is 10.9 Å². The molecule has 0 aromatic heterocycles. The molecule has 0 fully saturated rings. The Morgan fingerprint density at radius 1 is 1.07 bits per heavy atom. The summed E-state index contributed by atoms with van der Waals surface area (Å²) in [6.07, 6.45) is 0.0744. The Morgan fingerprint density at radius 2 is 1.75 bits per heavy atom. The lowest BCUT2D eigenvalue weighted by atomic mass is 10.1. The highest BCUT2D eigenvalue weighted by atomic mass is 32.2. The summed E-state index contributed by atoms with van der Waals surface area (Å²) in [6, 6.07) is 14.4. The van der Waals surface area contributed by atoms with E-state index in [9.17, 15) is 14.4 Å². The van der Waals surface area contributed by atoms with Gasteiger partial charge in [0.15, 0.2) is 0 Å². The van der Waals surface area contributed by atoms with E-state index in [0.717, 1.165) is 10.6 Å². The summed E-state index contributed by atoms with van der Waals surface area (Å²) in [7, 11) is 0. The van der Waals surface area contributed by atoms with E-state index in [2.05, 4.69) is 10.6 Å². The van der Waals surface area contributed by atoms with Crippen LogP contribution in [0.1, 0.15) is 30.6 Å². The molecule has 1 heterocycles. The summed E-state index contributed by atoms with van der Waals surface area (Å²) in [6.45, 7) is 5.18. The standard InChI is InChI=1S/C21H23N3O3S/c1-3-24(4-2)21(27)14-9-11-15(12-10-14)22-19(25)13-18-20(26)23-16-7-5-6-8-17(16)28-18/h5-12,18H,3-4,13H2,1-2H3,(H,22,25)(H,23,26). The molecular formula is C21H23N3O3S. The summed E-state index contributed by atoms with van der Waals surface area (Å²) in [5.41, 5.74) is 1.96. The molecule has 3 amide bonds. The molecule has 2 N–H and O–H groups in total. The van der Waals surface area contributed by atoms with Crippen LogP contribution in [0.2, 0.25) is 0 Å². The number of para-hydroxylation sites is 1. The molecule has 0 saturated carbocycles. The Labute approximate surface area is 168 Å². The fourth-order valence-electron chi connectivity index (χ4n) is 3.00. The number of anilines is 2. The van der Waals surface area contributed by atoms with Crippen LogP contribution in [0.5, 0.6) is 0 Å². The van der Waals surface area contributed by atoms with Crippen LogP contribution in [0, 0.1) is 0 Å². The van der Waals surface area contributed by atoms with Crippen molar-refractivity contribution in [2.45, 2.75) is 30.4 Å². The lowest BCUT2D eigenvalue weighted by molar-refractivity contribution is -0.120. The van der Waals surface area contributed by atoms with Gasteiger partial charge < -0.3 is 15.5 Å². The number of nitrogens with zero attached hydrogens (tertiary/aromatic N) is 1. The van der Waals surface area contributed by atoms with Crippen LogP contribution in [-0.4, -0.2) is 41.0 Å². The van der Waals surface area contributed by atoms with Crippen molar-refractivity contribution in [1.29, 1.82) is 0 Å². The van der Waals surface area contributed by atoms with Gasteiger partial charge in [-0.2, -0.15) is 0 Å². The van der Waals surface area contributed by atoms with Gasteiger partial charge in [0.25, 0.3) is 5.91 Å². The first-order valence-corrected chi connectivity index (χ1v) is 10.2. The van der Waals surface area contributed by atoms with Crippen molar-refractivity contribution in [2.24, 2.45) is 0 Å². The number of amides is 3. The van der Waals surface area contributed by atoms with Gasteiger partial charge in [0, 0.05) is 35.7 Å². The van der Waals surface area contributed by atoms with Crippen molar-refractivity contribution in [3.8, 4) is 0 Å². The minimum absolute atomic E-state index is 0.0307. The molecule has 0 spiro atoms. The van der Waals surface area contributed by atoms with E-state index in [0.29, 0.717) is 24.3 Å². The summed E-state index contributed by atoms with van der Waals surface area (Å²) in [4.78, 5) is 39.6. The molecule has 1 aliphatic rings. The van der Waals surface area contributed by atoms with E-state index < -0.39 is 5.25 Å². The Balaban J connectivity index is 1.59. The molecule has 1 atom stereocenters. The lowest BCUT2D eigenvalue weighted by Crippen LogP contribution is -2.32. The summed E-state index contributed by atoms with van der Waals surface area (Å²) in [5, 5.41) is 5.17. The highest BCUT2D eigenvalue weighted by molar-refractivity contribution is 8.01. The van der Waals surface area contributed by atoms with E-state index in [1.54, 1.807) is 29.2 Å². The highest BCUT2D eigenvalue weighted by Gasteiger charge is 2.28. The Morgan fingerprint density at radius 3 is 2.43 bits per heavy atom. The Bertz CT molecular complexity index is 879. The predicted molar refractivity (Wildman–Crippen MR) is 112 cm³/mol. The third-order valence-corrected chi connectivity index (χ3v) is 5.82. The van der Waals surface area contributed by atoms with Crippen molar-refractivity contribution in [2.75, 3.05) is 23.7 Å². The van der Waals surface area contributed by atoms with Gasteiger partial charge in [-0.1, -0.05) is 12.1 Å². The quantitative estimate of drug-likeness (QED) is 0.781. The van der Waals surface area contributed by atoms with Gasteiger partial charge in [-0.25, -0.2) is 0 Å². The van der Waals surface area contributed by atoms with E-state index in [1.807, 2.05) is 38.1 Å². The summed E-state index contributed by atoms with van der Waals surface area (Å²) in [5.74, 6) is -0.439. The number of hydrogen-bond acceptors (Lipinski definition) is 4. The van der Waals surface area contributed by atoms with Gasteiger partial charge in [-0.3, -0.25) is 14.4 Å². The topological polar surface area (TPSA) is 78.5 Å². The number of carbonyl (C=O) groups is 3. The van der Waals surface area contributed by atoms with Crippen LogP contribution in [0.4, 0.5) is 11.4 Å². The van der Waals surface area contributed by atoms with Crippen molar-refractivity contribution in [3.63, 3.8) is 0 Å². The highest BCUT2D eigenvalue weighted by Crippen LogP contribution is 2.36. The smallest absolute Gasteiger partial charge is 0.253 e. The fraction of sp³-hybridized carbons (Fsp3) is 0.286. The summed E-state index contributed by atoms with van der Waals surface area (Å²) < 4.78 is 0. The van der Waals surface area contributed by atoms with E-state index >= 15 is 0 Å². The molecule has 6 nitrogen and oxygen atoms in total. The number of thioether (sulfide) groups is 1. The van der Waals surface area contributed by atoms with E-state index in [-0.39, 0.29) is 24.1 Å². The predicted octanol–water partition coefficient (Wildman–Crippen LogP) is 3.61. The van der Waals surface area contributed by atoms with Crippen LogP contribution < -0.4 is 10.6 Å². The largest absolute Gasteiger partial charge is 0.339 e. The van der Waals surface area contributed by atoms with Crippen LogP contribution in [0.25, 0.3) is 0 Å². The van der Waals surface area contributed by atoms with E-state index in [1.165, 1.54) is 11.8 Å². The fourth-order valence-corrected chi connectivity index (χ4v) is 4.11. The number of rotatable bonds is 6. The van der Waals surface area contributed by atoms with Gasteiger partial charge in [-0.05, 0) is 50.2 Å². The zero-order valence-corrected chi connectivity index (χ0v) is 16.7. The van der Waals surface area contributed by atoms with Gasteiger partial charge >= 0.3 is 0 Å². The number of benzene rings is 2. The van der Waals surface area contributed by atoms with Crippen molar-refractivity contribution in [1.82, 2.24) is 4.90 Å². The number of carbonyl (C=O) groups excluding carboxylic acids is 3. The first-order chi connectivity index (χ1) is 13.5. The number of nitrogens with one attached hydrogen (secondary N) is 2. The van der Waals surface area contributed by atoms with Crippen LogP contribution in [0.15, 0.2) is 53.4 Å². The zero-order valence-electron chi connectivity index (χ0n) is 15.9. The molecule has 1 aliphatic heterocycles. The molecule has 2 aromatic carbocycles. The first kappa shape index (κ1) is 19.9. The van der Waals surface area contributed by atoms with E-state index in [4.69, 9.17) is 0 Å². The van der Waals surface area contributed by atoms with Crippen LogP contribution in [0.3, 0.4) is 0 Å². The minimum atomic E-state index is -0.474. The second-order valence-electron chi connectivity index (χ2n) is 6.40. The summed E-state index contributed by atoms with van der Waals surface area (Å²) >= 11 is 1.40. The molecule has 0 saturated heterocycles. The Kier molecular flexibility index (Phi) is 6.36. The molecule has 2 aromatic rings. The van der Waals surface area contributed by atoms with Crippen LogP contribution in [-0.2, 0) is 9.59 Å². The second kappa shape index (κ2) is 8.93. The molecule has 0 bridgehead atoms. The third kappa shape index (κ3) is 4.54. The maximum Gasteiger partial charge on any atom is 0.253 e. The average Bonchev–Trinajstić information content (AvgIpc) is 2.70. The molecular weight excluding hydrogens is 374 g/mol. The van der Waals surface area contributed by atoms with Gasteiger partial charge in [-0.15, -0.1) is 11.8 Å². The van der Waals surface area contributed by atoms with Crippen molar-refractivity contribution < 1.29 is 14.4 Å². The lowest BCUT2D eigenvalue weighted by Gasteiger charge is -2.23. The Hall–Kier alpha value is -2.80. The monoisotopic (exact) mass is 397 g/mol. The number of hydrogen-bond donors (Lipinski definition) is 2. The average molecular weight is 398 g/mol. The van der Waals surface area contributed by atoms with Crippen molar-refractivity contribution in [3.05, 3.63) is 54.1 Å². The second-order valence-corrected chi connectivity index (χ2v) is 7.64. The SMILES string of the molecule is CCN(CC)C(=O)c1ccc(NC(=O)CC2Sc3ccccc3NC2=O)cc1. The maximum atomic E-state index is 12.4. The van der Waals surface area contributed by atoms with Gasteiger partial charge in [0.1, 0.15) is 0 Å². The molecule has 1 unspecified atom stereocenters. The molecule has 7 heteroatoms.